The van der Waals surface area contributed by atoms with Gasteiger partial charge in [0.25, 0.3) is 0 Å². The van der Waals surface area contributed by atoms with E-state index in [1.807, 2.05) is 43.6 Å². The van der Waals surface area contributed by atoms with Gasteiger partial charge in [0.05, 0.1) is 5.69 Å². The summed E-state index contributed by atoms with van der Waals surface area (Å²) in [5, 5.41) is 2.10. The number of nitrogens with zero attached hydrogens (tertiary/aromatic N) is 3. The van der Waals surface area contributed by atoms with Crippen molar-refractivity contribution in [3.05, 3.63) is 91.3 Å². The van der Waals surface area contributed by atoms with Crippen molar-refractivity contribution < 1.29 is 4.42 Å². The number of benzene rings is 2. The Morgan fingerprint density at radius 3 is 2.41 bits per heavy atom. The fraction of sp³-hybridized carbons (Fsp3) is 0.0870. The molecule has 1 aliphatic heterocycles. The molecule has 132 valence electrons. The minimum Gasteiger partial charge on any atom is -0.435 e. The highest BCUT2D eigenvalue weighted by molar-refractivity contribution is 6.09. The maximum atomic E-state index is 6.20. The first-order valence-electron chi connectivity index (χ1n) is 8.94. The van der Waals surface area contributed by atoms with Gasteiger partial charge >= 0.3 is 0 Å². The van der Waals surface area contributed by atoms with E-state index < -0.39 is 0 Å². The van der Waals surface area contributed by atoms with Crippen molar-refractivity contribution in [2.45, 2.75) is 13.8 Å². The molecule has 0 spiro atoms. The van der Waals surface area contributed by atoms with Crippen LogP contribution in [-0.4, -0.2) is 4.98 Å². The molecule has 0 saturated carbocycles. The van der Waals surface area contributed by atoms with Gasteiger partial charge in [0.2, 0.25) is 5.71 Å². The molecule has 0 N–H and O–H groups in total. The van der Waals surface area contributed by atoms with Crippen LogP contribution in [0.25, 0.3) is 22.1 Å². The summed E-state index contributed by atoms with van der Waals surface area (Å²) in [7, 11) is 0. The summed E-state index contributed by atoms with van der Waals surface area (Å²) in [6.07, 6.45) is 4.92. The van der Waals surface area contributed by atoms with E-state index in [9.17, 15) is 0 Å². The number of hydrogen-bond acceptors (Lipinski definition) is 4. The van der Waals surface area contributed by atoms with Crippen LogP contribution in [-0.2, 0) is 0 Å². The number of rotatable bonds is 2. The van der Waals surface area contributed by atoms with Crippen molar-refractivity contribution in [3.63, 3.8) is 0 Å². The molecule has 2 radical (unpaired) electrons. The summed E-state index contributed by atoms with van der Waals surface area (Å²) < 4.78 is 6.20. The van der Waals surface area contributed by atoms with E-state index in [0.29, 0.717) is 5.71 Å². The molecule has 5 rings (SSSR count). The molecule has 27 heavy (non-hydrogen) atoms. The van der Waals surface area contributed by atoms with Gasteiger partial charge in [-0.2, -0.15) is 0 Å². The highest BCUT2D eigenvalue weighted by Crippen LogP contribution is 2.41. The van der Waals surface area contributed by atoms with E-state index in [-0.39, 0.29) is 0 Å². The first-order valence-corrected chi connectivity index (χ1v) is 8.94. The topological polar surface area (TPSA) is 32.5 Å². The Kier molecular flexibility index (Phi) is 3.47. The molecule has 1 aliphatic rings. The lowest BCUT2D eigenvalue weighted by atomic mass is 10.1. The molecular formula is C23H19N3O. The molecule has 0 saturated heterocycles. The Morgan fingerprint density at radius 2 is 1.59 bits per heavy atom. The monoisotopic (exact) mass is 353 g/mol. The number of fused-ring (bicyclic) bond motifs is 3. The van der Waals surface area contributed by atoms with Crippen molar-refractivity contribution in [3.8, 4) is 0 Å². The van der Waals surface area contributed by atoms with Gasteiger partial charge in [0.1, 0.15) is 0 Å². The minimum atomic E-state index is 0.672. The van der Waals surface area contributed by atoms with Gasteiger partial charge < -0.3 is 14.2 Å². The molecule has 2 aromatic carbocycles. The van der Waals surface area contributed by atoms with Crippen LogP contribution in [0.1, 0.15) is 11.3 Å². The summed E-state index contributed by atoms with van der Waals surface area (Å²) in [6, 6.07) is 18.5. The Bertz CT molecular complexity index is 1180. The van der Waals surface area contributed by atoms with E-state index in [0.717, 1.165) is 45.2 Å². The van der Waals surface area contributed by atoms with Gasteiger partial charge in [0.15, 0.2) is 11.7 Å². The van der Waals surface area contributed by atoms with Gasteiger partial charge in [-0.3, -0.25) is 0 Å². The van der Waals surface area contributed by atoms with Gasteiger partial charge in [-0.1, -0.05) is 30.3 Å². The summed E-state index contributed by atoms with van der Waals surface area (Å²) in [5.74, 6) is 0. The van der Waals surface area contributed by atoms with Crippen LogP contribution in [0.3, 0.4) is 0 Å². The van der Waals surface area contributed by atoms with Crippen LogP contribution in [0.2, 0.25) is 0 Å². The lowest BCUT2D eigenvalue weighted by Gasteiger charge is -2.29. The number of anilines is 2. The molecule has 0 fully saturated rings. The molecule has 0 bridgehead atoms. The van der Waals surface area contributed by atoms with E-state index in [4.69, 9.17) is 4.42 Å². The zero-order valence-electron chi connectivity index (χ0n) is 15.3. The molecule has 0 aliphatic carbocycles. The van der Waals surface area contributed by atoms with E-state index >= 15 is 0 Å². The minimum absolute atomic E-state index is 0.672. The van der Waals surface area contributed by atoms with Crippen LogP contribution in [0.15, 0.2) is 71.4 Å². The van der Waals surface area contributed by atoms with Gasteiger partial charge in [0, 0.05) is 34.6 Å². The predicted molar refractivity (Wildman–Crippen MR) is 110 cm³/mol. The summed E-state index contributed by atoms with van der Waals surface area (Å²) in [5.41, 5.74) is 5.66. The standard InChI is InChI=1S/C23H19N3O/c1-15-9-11-19-20-12-10-16(2)24-23(20)27-22(19)21(15)26-14-13-25(17(26)3)18-7-5-4-6-8-18/h4-14H,3H2,1-2H3. The average Bonchev–Trinajstić information content (AvgIpc) is 3.22. The second kappa shape index (κ2) is 5.88. The molecule has 3 heterocycles. The maximum absolute atomic E-state index is 6.20. The SMILES string of the molecule is [CH2][C]1N(c2ccccc2)C=CN1c1c(C)ccc2c1oc1nc(C)ccc12. The smallest absolute Gasteiger partial charge is 0.227 e. The van der Waals surface area contributed by atoms with Gasteiger partial charge in [-0.15, -0.1) is 0 Å². The summed E-state index contributed by atoms with van der Waals surface area (Å²) in [4.78, 5) is 8.71. The molecular weight excluding hydrogens is 334 g/mol. The van der Waals surface area contributed by atoms with E-state index in [1.165, 1.54) is 0 Å². The quantitative estimate of drug-likeness (QED) is 0.461. The number of furan rings is 1. The Morgan fingerprint density at radius 1 is 0.852 bits per heavy atom. The fourth-order valence-corrected chi connectivity index (χ4v) is 3.65. The lowest BCUT2D eigenvalue weighted by molar-refractivity contribution is 0.651. The van der Waals surface area contributed by atoms with Gasteiger partial charge in [-0.25, -0.2) is 4.98 Å². The van der Waals surface area contributed by atoms with Crippen molar-refractivity contribution in [1.29, 1.82) is 0 Å². The van der Waals surface area contributed by atoms with Crippen LogP contribution in [0.5, 0.6) is 0 Å². The predicted octanol–water partition coefficient (Wildman–Crippen LogP) is 5.72. The highest BCUT2D eigenvalue weighted by Gasteiger charge is 2.29. The molecule has 0 atom stereocenters. The Balaban J connectivity index is 1.66. The number of hydrogen-bond donors (Lipinski definition) is 0. The Labute approximate surface area is 158 Å². The van der Waals surface area contributed by atoms with Crippen LogP contribution in [0, 0.1) is 26.9 Å². The molecule has 0 unspecified atom stereocenters. The molecule has 0 amide bonds. The van der Waals surface area contributed by atoms with Crippen molar-refractivity contribution in [2.75, 3.05) is 9.80 Å². The van der Waals surface area contributed by atoms with Crippen molar-refractivity contribution >= 4 is 33.4 Å². The third kappa shape index (κ3) is 2.40. The first kappa shape index (κ1) is 15.9. The van der Waals surface area contributed by atoms with Crippen molar-refractivity contribution in [2.24, 2.45) is 0 Å². The van der Waals surface area contributed by atoms with Crippen LogP contribution in [0.4, 0.5) is 11.4 Å². The zero-order chi connectivity index (χ0) is 18.5. The second-order valence-corrected chi connectivity index (χ2v) is 6.81. The van der Waals surface area contributed by atoms with Gasteiger partial charge in [-0.05, 0) is 50.6 Å². The average molecular weight is 353 g/mol. The number of para-hydroxylation sites is 1. The number of aromatic nitrogens is 1. The maximum Gasteiger partial charge on any atom is 0.227 e. The van der Waals surface area contributed by atoms with Crippen LogP contribution >= 0.6 is 0 Å². The largest absolute Gasteiger partial charge is 0.435 e. The van der Waals surface area contributed by atoms with Crippen molar-refractivity contribution in [1.82, 2.24) is 4.98 Å². The highest BCUT2D eigenvalue weighted by atomic mass is 16.3. The zero-order valence-corrected chi connectivity index (χ0v) is 15.3. The summed E-state index contributed by atoms with van der Waals surface area (Å²) >= 11 is 0. The fourth-order valence-electron chi connectivity index (χ4n) is 3.65. The van der Waals surface area contributed by atoms with E-state index in [2.05, 4.69) is 59.0 Å². The third-order valence-electron chi connectivity index (χ3n) is 5.02. The molecule has 4 aromatic rings. The third-order valence-corrected chi connectivity index (χ3v) is 5.02. The normalized spacial score (nSPS) is 14.8. The first-order chi connectivity index (χ1) is 13.1. The molecule has 2 aromatic heterocycles. The Hall–Kier alpha value is -3.27. The number of pyridine rings is 1. The number of aryl methyl sites for hydroxylation is 2. The molecule has 4 nitrogen and oxygen atoms in total. The van der Waals surface area contributed by atoms with Crippen LogP contribution < -0.4 is 9.80 Å². The lowest BCUT2D eigenvalue weighted by Crippen LogP contribution is -2.28. The van der Waals surface area contributed by atoms with E-state index in [1.54, 1.807) is 0 Å². The molecule has 4 heteroatoms. The second-order valence-electron chi connectivity index (χ2n) is 6.81. The summed E-state index contributed by atoms with van der Waals surface area (Å²) in [6.45, 7) is 8.38.